The third-order valence-electron chi connectivity index (χ3n) is 10.3. The molecular formula is C47H27F3S. The number of hydrogen-bond acceptors (Lipinski definition) is 1. The quantitative estimate of drug-likeness (QED) is 0.163. The third kappa shape index (κ3) is 4.46. The van der Waals surface area contributed by atoms with E-state index < -0.39 is 11.7 Å². The molecule has 0 N–H and O–H groups in total. The van der Waals surface area contributed by atoms with Crippen LogP contribution in [-0.4, -0.2) is 0 Å². The SMILES string of the molecule is FC(F)(F)c1c2ccccc2c(-c2cccc3sc4cccc(-c5c6ccccc6c(-c6ccccc6)c6ccccc56)c4c23)c2ccccc12. The predicted molar refractivity (Wildman–Crippen MR) is 211 cm³/mol. The fourth-order valence-corrected chi connectivity index (χ4v) is 9.50. The van der Waals surface area contributed by atoms with Crippen molar-refractivity contribution in [3.8, 4) is 33.4 Å². The first kappa shape index (κ1) is 29.9. The van der Waals surface area contributed by atoms with Crippen molar-refractivity contribution < 1.29 is 13.2 Å². The molecule has 0 atom stereocenters. The average molecular weight is 681 g/mol. The number of hydrogen-bond donors (Lipinski definition) is 0. The molecule has 10 aromatic rings. The number of thiophene rings is 1. The minimum atomic E-state index is -4.51. The third-order valence-corrected chi connectivity index (χ3v) is 11.4. The van der Waals surface area contributed by atoms with Gasteiger partial charge in [-0.05, 0) is 88.6 Å². The van der Waals surface area contributed by atoms with Crippen molar-refractivity contribution in [2.45, 2.75) is 6.18 Å². The van der Waals surface area contributed by atoms with Crippen molar-refractivity contribution in [2.24, 2.45) is 0 Å². The van der Waals surface area contributed by atoms with E-state index in [1.165, 1.54) is 21.9 Å². The summed E-state index contributed by atoms with van der Waals surface area (Å²) in [7, 11) is 0. The molecule has 0 fully saturated rings. The summed E-state index contributed by atoms with van der Waals surface area (Å²) < 4.78 is 46.7. The number of halogens is 3. The molecule has 51 heavy (non-hydrogen) atoms. The van der Waals surface area contributed by atoms with Crippen molar-refractivity contribution >= 4 is 74.6 Å². The Morgan fingerprint density at radius 3 is 1.10 bits per heavy atom. The molecular weight excluding hydrogens is 654 g/mol. The smallest absolute Gasteiger partial charge is 0.166 e. The van der Waals surface area contributed by atoms with E-state index >= 15 is 0 Å². The van der Waals surface area contributed by atoms with Crippen molar-refractivity contribution in [1.29, 1.82) is 0 Å². The van der Waals surface area contributed by atoms with Crippen molar-refractivity contribution in [3.05, 3.63) is 169 Å². The molecule has 0 aliphatic rings. The Balaban J connectivity index is 1.38. The Bertz CT molecular complexity index is 2890. The largest absolute Gasteiger partial charge is 0.417 e. The second kappa shape index (κ2) is 11.3. The maximum Gasteiger partial charge on any atom is 0.417 e. The maximum absolute atomic E-state index is 14.8. The van der Waals surface area contributed by atoms with Crippen LogP contribution in [-0.2, 0) is 6.18 Å². The average Bonchev–Trinajstić information content (AvgIpc) is 3.55. The lowest BCUT2D eigenvalue weighted by Gasteiger charge is -2.20. The van der Waals surface area contributed by atoms with Gasteiger partial charge in [0.1, 0.15) is 0 Å². The lowest BCUT2D eigenvalue weighted by molar-refractivity contribution is -0.135. The van der Waals surface area contributed by atoms with Crippen LogP contribution in [0.4, 0.5) is 13.2 Å². The molecule has 0 unspecified atom stereocenters. The van der Waals surface area contributed by atoms with Gasteiger partial charge in [-0.25, -0.2) is 0 Å². The van der Waals surface area contributed by atoms with Crippen LogP contribution < -0.4 is 0 Å². The Morgan fingerprint density at radius 1 is 0.333 bits per heavy atom. The highest BCUT2D eigenvalue weighted by atomic mass is 32.1. The molecule has 1 aromatic heterocycles. The molecule has 0 saturated heterocycles. The predicted octanol–water partition coefficient (Wildman–Crippen LogP) is 14.7. The first-order valence-electron chi connectivity index (χ1n) is 16.9. The lowest BCUT2D eigenvalue weighted by atomic mass is 9.83. The summed E-state index contributed by atoms with van der Waals surface area (Å²) >= 11 is 1.73. The van der Waals surface area contributed by atoms with Gasteiger partial charge in [-0.2, -0.15) is 13.2 Å². The van der Waals surface area contributed by atoms with Gasteiger partial charge in [0.2, 0.25) is 0 Å². The fourth-order valence-electron chi connectivity index (χ4n) is 8.34. The molecule has 0 spiro atoms. The molecule has 10 rings (SSSR count). The molecule has 0 aliphatic carbocycles. The Hall–Kier alpha value is -5.97. The van der Waals surface area contributed by atoms with Crippen LogP contribution in [0.5, 0.6) is 0 Å². The van der Waals surface area contributed by atoms with Gasteiger partial charge in [0.15, 0.2) is 0 Å². The first-order valence-corrected chi connectivity index (χ1v) is 17.7. The minimum absolute atomic E-state index is 0.212. The molecule has 0 saturated carbocycles. The molecule has 242 valence electrons. The lowest BCUT2D eigenvalue weighted by Crippen LogP contribution is -2.07. The summed E-state index contributed by atoms with van der Waals surface area (Å²) in [5, 5.41) is 8.45. The zero-order chi connectivity index (χ0) is 34.3. The second-order valence-corrected chi connectivity index (χ2v) is 14.1. The molecule has 0 nitrogen and oxygen atoms in total. The van der Waals surface area contributed by atoms with E-state index in [2.05, 4.69) is 103 Å². The Labute approximate surface area is 295 Å². The maximum atomic E-state index is 14.8. The molecule has 0 amide bonds. The number of benzene rings is 9. The van der Waals surface area contributed by atoms with Gasteiger partial charge >= 0.3 is 6.18 Å². The highest BCUT2D eigenvalue weighted by Gasteiger charge is 2.36. The second-order valence-electron chi connectivity index (χ2n) is 13.0. The molecule has 4 heteroatoms. The van der Waals surface area contributed by atoms with Crippen molar-refractivity contribution in [2.75, 3.05) is 0 Å². The van der Waals surface area contributed by atoms with E-state index in [1.54, 1.807) is 35.6 Å². The van der Waals surface area contributed by atoms with Crippen LogP contribution in [0.25, 0.3) is 96.6 Å². The van der Waals surface area contributed by atoms with E-state index in [4.69, 9.17) is 0 Å². The Morgan fingerprint density at radius 2 is 0.686 bits per heavy atom. The molecule has 1 heterocycles. The highest BCUT2D eigenvalue weighted by molar-refractivity contribution is 7.26. The summed E-state index contributed by atoms with van der Waals surface area (Å²) in [5.41, 5.74) is 5.80. The fraction of sp³-hybridized carbons (Fsp3) is 0.0213. The van der Waals surface area contributed by atoms with Crippen LogP contribution in [0, 0.1) is 0 Å². The van der Waals surface area contributed by atoms with Gasteiger partial charge in [-0.3, -0.25) is 0 Å². The zero-order valence-corrected chi connectivity index (χ0v) is 27.9. The summed E-state index contributed by atoms with van der Waals surface area (Å²) in [6.45, 7) is 0. The highest BCUT2D eigenvalue weighted by Crippen LogP contribution is 2.52. The number of fused-ring (bicyclic) bond motifs is 7. The standard InChI is InChI=1S/C47H27F3S/c48-47(49,50)46-35-22-10-8-20-33(35)43(34-21-9-11-23-36(34)46)38-25-13-27-40-45(38)44-37(24-12-26-39(44)51-40)42-31-18-6-4-16-29(31)41(28-14-2-1-3-15-28)30-17-5-7-19-32(30)42/h1-27H. The van der Waals surface area contributed by atoms with Gasteiger partial charge in [0, 0.05) is 20.2 Å². The van der Waals surface area contributed by atoms with Crippen LogP contribution in [0.3, 0.4) is 0 Å². The molecule has 0 aliphatic heterocycles. The van der Waals surface area contributed by atoms with E-state index in [0.29, 0.717) is 10.8 Å². The van der Waals surface area contributed by atoms with Crippen LogP contribution in [0.1, 0.15) is 5.56 Å². The van der Waals surface area contributed by atoms with E-state index in [0.717, 1.165) is 53.2 Å². The number of rotatable bonds is 3. The molecule has 0 bridgehead atoms. The van der Waals surface area contributed by atoms with Gasteiger partial charge in [0.25, 0.3) is 0 Å². The summed E-state index contributed by atoms with van der Waals surface area (Å²) in [5.74, 6) is 0. The van der Waals surface area contributed by atoms with Crippen molar-refractivity contribution in [1.82, 2.24) is 0 Å². The van der Waals surface area contributed by atoms with E-state index in [1.807, 2.05) is 36.4 Å². The van der Waals surface area contributed by atoms with Gasteiger partial charge in [-0.15, -0.1) is 11.3 Å². The topological polar surface area (TPSA) is 0 Å². The normalized spacial score (nSPS) is 12.2. The van der Waals surface area contributed by atoms with Gasteiger partial charge in [-0.1, -0.05) is 152 Å². The van der Waals surface area contributed by atoms with Crippen LogP contribution in [0.2, 0.25) is 0 Å². The van der Waals surface area contributed by atoms with Crippen molar-refractivity contribution in [3.63, 3.8) is 0 Å². The Kier molecular flexibility index (Phi) is 6.61. The van der Waals surface area contributed by atoms with E-state index in [-0.39, 0.29) is 10.8 Å². The van der Waals surface area contributed by atoms with E-state index in [9.17, 15) is 13.2 Å². The monoisotopic (exact) mass is 680 g/mol. The summed E-state index contributed by atoms with van der Waals surface area (Å²) in [6, 6.07) is 54.6. The summed E-state index contributed by atoms with van der Waals surface area (Å²) in [6.07, 6.45) is -4.51. The minimum Gasteiger partial charge on any atom is -0.166 e. The zero-order valence-electron chi connectivity index (χ0n) is 27.1. The summed E-state index contributed by atoms with van der Waals surface area (Å²) in [4.78, 5) is 0. The van der Waals surface area contributed by atoms with Gasteiger partial charge in [0.05, 0.1) is 5.56 Å². The molecule has 9 aromatic carbocycles. The van der Waals surface area contributed by atoms with Gasteiger partial charge < -0.3 is 0 Å². The van der Waals surface area contributed by atoms with Crippen LogP contribution in [0.15, 0.2) is 164 Å². The number of alkyl halides is 3. The molecule has 0 radical (unpaired) electrons. The first-order chi connectivity index (χ1) is 25.0. The van der Waals surface area contributed by atoms with Crippen LogP contribution >= 0.6 is 11.3 Å².